The van der Waals surface area contributed by atoms with Crippen molar-refractivity contribution < 1.29 is 9.53 Å². The third kappa shape index (κ3) is 4.16. The number of nitrogens with one attached hydrogen (secondary N) is 2. The summed E-state index contributed by atoms with van der Waals surface area (Å²) in [6, 6.07) is 18.9. The first kappa shape index (κ1) is 17.4. The second-order valence-electron chi connectivity index (χ2n) is 5.63. The van der Waals surface area contributed by atoms with Crippen molar-refractivity contribution in [1.82, 2.24) is 15.6 Å². The molecule has 2 aromatic carbocycles. The molecular formula is C20H20N4O2. The van der Waals surface area contributed by atoms with Crippen LogP contribution in [0.15, 0.2) is 65.8 Å². The molecule has 6 nitrogen and oxygen atoms in total. The predicted octanol–water partition coefficient (Wildman–Crippen LogP) is 3.63. The number of amides is 1. The van der Waals surface area contributed by atoms with E-state index in [9.17, 15) is 4.79 Å². The molecule has 3 aromatic rings. The minimum absolute atomic E-state index is 0.343. The van der Waals surface area contributed by atoms with Gasteiger partial charge in [0.2, 0.25) is 0 Å². The van der Waals surface area contributed by atoms with E-state index in [1.165, 1.54) is 0 Å². The molecule has 3 rings (SSSR count). The van der Waals surface area contributed by atoms with Crippen LogP contribution in [0.25, 0.3) is 11.3 Å². The molecule has 0 aliphatic heterocycles. The monoisotopic (exact) mass is 348 g/mol. The van der Waals surface area contributed by atoms with Gasteiger partial charge in [0, 0.05) is 5.56 Å². The van der Waals surface area contributed by atoms with Gasteiger partial charge in [0.25, 0.3) is 5.91 Å². The molecule has 1 amide bonds. The fraction of sp³-hybridized carbons (Fsp3) is 0.150. The number of hydrazone groups is 1. The van der Waals surface area contributed by atoms with Gasteiger partial charge >= 0.3 is 0 Å². The Kier molecular flexibility index (Phi) is 5.43. The minimum atomic E-state index is -0.343. The molecule has 0 saturated carbocycles. The topological polar surface area (TPSA) is 79.4 Å². The quantitative estimate of drug-likeness (QED) is 0.527. The first-order chi connectivity index (χ1) is 12.7. The second-order valence-corrected chi connectivity index (χ2v) is 5.63. The molecule has 0 saturated heterocycles. The number of ether oxygens (including phenoxy) is 1. The smallest absolute Gasteiger partial charge is 0.289 e. The van der Waals surface area contributed by atoms with Gasteiger partial charge in [0.15, 0.2) is 0 Å². The molecule has 0 spiro atoms. The second kappa shape index (κ2) is 8.11. The van der Waals surface area contributed by atoms with E-state index in [0.717, 1.165) is 22.6 Å². The van der Waals surface area contributed by atoms with E-state index in [0.29, 0.717) is 18.0 Å². The summed E-state index contributed by atoms with van der Waals surface area (Å²) in [4.78, 5) is 12.3. The summed E-state index contributed by atoms with van der Waals surface area (Å²) in [6.45, 7) is 4.40. The van der Waals surface area contributed by atoms with Crippen LogP contribution in [0.3, 0.4) is 0 Å². The van der Waals surface area contributed by atoms with Gasteiger partial charge in [-0.3, -0.25) is 9.89 Å². The summed E-state index contributed by atoms with van der Waals surface area (Å²) >= 11 is 0. The summed E-state index contributed by atoms with van der Waals surface area (Å²) in [5.41, 5.74) is 6.15. The number of carbonyl (C=O) groups excluding carboxylic acids is 1. The van der Waals surface area contributed by atoms with Crippen molar-refractivity contribution in [3.05, 3.63) is 71.9 Å². The van der Waals surface area contributed by atoms with Crippen LogP contribution in [0, 0.1) is 0 Å². The molecule has 0 bridgehead atoms. The van der Waals surface area contributed by atoms with E-state index >= 15 is 0 Å². The Balaban J connectivity index is 1.68. The number of hydrogen-bond acceptors (Lipinski definition) is 4. The van der Waals surface area contributed by atoms with E-state index in [2.05, 4.69) is 20.7 Å². The summed E-state index contributed by atoms with van der Waals surface area (Å²) in [5.74, 6) is 0.459. The van der Waals surface area contributed by atoms with Crippen molar-refractivity contribution >= 4 is 11.6 Å². The number of carbonyl (C=O) groups is 1. The SMILES string of the molecule is CCOc1ccc(-c2cc(C(=O)NN=C(C)c3ccccc3)[nH]n2)cc1. The highest BCUT2D eigenvalue weighted by atomic mass is 16.5. The Labute approximate surface area is 151 Å². The number of rotatable bonds is 6. The highest BCUT2D eigenvalue weighted by molar-refractivity contribution is 6.00. The molecule has 1 aromatic heterocycles. The molecule has 0 fully saturated rings. The molecule has 0 unspecified atom stereocenters. The number of H-pyrrole nitrogens is 1. The van der Waals surface area contributed by atoms with Crippen LogP contribution in [0.1, 0.15) is 29.9 Å². The molecular weight excluding hydrogens is 328 g/mol. The van der Waals surface area contributed by atoms with Crippen molar-refractivity contribution in [1.29, 1.82) is 0 Å². The van der Waals surface area contributed by atoms with Gasteiger partial charge in [-0.25, -0.2) is 5.43 Å². The highest BCUT2D eigenvalue weighted by Crippen LogP contribution is 2.21. The van der Waals surface area contributed by atoms with Crippen molar-refractivity contribution in [3.8, 4) is 17.0 Å². The normalized spacial score (nSPS) is 11.2. The van der Waals surface area contributed by atoms with Gasteiger partial charge in [-0.05, 0) is 49.7 Å². The van der Waals surface area contributed by atoms with Gasteiger partial charge in [0.1, 0.15) is 11.4 Å². The van der Waals surface area contributed by atoms with Crippen molar-refractivity contribution in [2.45, 2.75) is 13.8 Å². The fourth-order valence-electron chi connectivity index (χ4n) is 2.41. The Morgan fingerprint density at radius 3 is 2.58 bits per heavy atom. The summed E-state index contributed by atoms with van der Waals surface area (Å²) in [7, 11) is 0. The van der Waals surface area contributed by atoms with E-state index in [-0.39, 0.29) is 5.91 Å². The lowest BCUT2D eigenvalue weighted by molar-refractivity contribution is 0.0950. The van der Waals surface area contributed by atoms with Gasteiger partial charge in [-0.2, -0.15) is 10.2 Å². The van der Waals surface area contributed by atoms with E-state index in [1.807, 2.05) is 68.4 Å². The average molecular weight is 348 g/mol. The minimum Gasteiger partial charge on any atom is -0.494 e. The van der Waals surface area contributed by atoms with Crippen LogP contribution >= 0.6 is 0 Å². The third-order valence-corrected chi connectivity index (χ3v) is 3.80. The average Bonchev–Trinajstić information content (AvgIpc) is 3.18. The number of nitrogens with zero attached hydrogens (tertiary/aromatic N) is 2. The van der Waals surface area contributed by atoms with Gasteiger partial charge in [-0.1, -0.05) is 30.3 Å². The zero-order valence-corrected chi connectivity index (χ0v) is 14.7. The van der Waals surface area contributed by atoms with Gasteiger partial charge in [0.05, 0.1) is 18.0 Å². The molecule has 132 valence electrons. The number of aromatic nitrogens is 2. The molecule has 2 N–H and O–H groups in total. The van der Waals surface area contributed by atoms with Gasteiger partial charge in [-0.15, -0.1) is 0 Å². The van der Waals surface area contributed by atoms with E-state index in [1.54, 1.807) is 6.07 Å². The number of hydrogen-bond donors (Lipinski definition) is 2. The molecule has 0 aliphatic carbocycles. The lowest BCUT2D eigenvalue weighted by atomic mass is 10.1. The lowest BCUT2D eigenvalue weighted by Crippen LogP contribution is -2.19. The first-order valence-electron chi connectivity index (χ1n) is 8.36. The Morgan fingerprint density at radius 2 is 1.88 bits per heavy atom. The highest BCUT2D eigenvalue weighted by Gasteiger charge is 2.11. The van der Waals surface area contributed by atoms with Crippen LogP contribution in [0.2, 0.25) is 0 Å². The van der Waals surface area contributed by atoms with Crippen LogP contribution < -0.4 is 10.2 Å². The summed E-state index contributed by atoms with van der Waals surface area (Å²) in [6.07, 6.45) is 0. The number of benzene rings is 2. The summed E-state index contributed by atoms with van der Waals surface area (Å²) < 4.78 is 5.42. The van der Waals surface area contributed by atoms with E-state index < -0.39 is 0 Å². The van der Waals surface area contributed by atoms with E-state index in [4.69, 9.17) is 4.74 Å². The Bertz CT molecular complexity index is 899. The standard InChI is InChI=1S/C20H20N4O2/c1-3-26-17-11-9-16(10-12-17)18-13-19(23-22-18)20(25)24-21-14(2)15-7-5-4-6-8-15/h4-13H,3H2,1-2H3,(H,22,23)(H,24,25). The molecule has 1 heterocycles. The lowest BCUT2D eigenvalue weighted by Gasteiger charge is -2.02. The predicted molar refractivity (Wildman–Crippen MR) is 101 cm³/mol. The first-order valence-corrected chi connectivity index (χ1v) is 8.36. The zero-order chi connectivity index (χ0) is 18.4. The molecule has 6 heteroatoms. The maximum absolute atomic E-state index is 12.3. The molecule has 0 aliphatic rings. The Morgan fingerprint density at radius 1 is 1.15 bits per heavy atom. The molecule has 0 radical (unpaired) electrons. The van der Waals surface area contributed by atoms with Crippen LogP contribution in [0.4, 0.5) is 0 Å². The fourth-order valence-corrected chi connectivity index (χ4v) is 2.41. The van der Waals surface area contributed by atoms with Crippen LogP contribution in [-0.2, 0) is 0 Å². The zero-order valence-electron chi connectivity index (χ0n) is 14.7. The van der Waals surface area contributed by atoms with Crippen molar-refractivity contribution in [3.63, 3.8) is 0 Å². The summed E-state index contributed by atoms with van der Waals surface area (Å²) in [5, 5.41) is 11.1. The van der Waals surface area contributed by atoms with Crippen LogP contribution in [-0.4, -0.2) is 28.4 Å². The number of aromatic amines is 1. The van der Waals surface area contributed by atoms with Crippen molar-refractivity contribution in [2.75, 3.05) is 6.61 Å². The molecule has 0 atom stereocenters. The molecule has 26 heavy (non-hydrogen) atoms. The largest absolute Gasteiger partial charge is 0.494 e. The maximum atomic E-state index is 12.3. The maximum Gasteiger partial charge on any atom is 0.289 e. The van der Waals surface area contributed by atoms with Crippen LogP contribution in [0.5, 0.6) is 5.75 Å². The third-order valence-electron chi connectivity index (χ3n) is 3.80. The van der Waals surface area contributed by atoms with Crippen molar-refractivity contribution in [2.24, 2.45) is 5.10 Å². The Hall–Kier alpha value is -3.41. The van der Waals surface area contributed by atoms with Gasteiger partial charge < -0.3 is 4.74 Å².